The van der Waals surface area contributed by atoms with Crippen LogP contribution in [0.4, 0.5) is 0 Å². The normalized spacial score (nSPS) is 13.2. The van der Waals surface area contributed by atoms with Crippen molar-refractivity contribution in [2.45, 2.75) is 12.0 Å². The van der Waals surface area contributed by atoms with Gasteiger partial charge >= 0.3 is 0 Å². The highest BCUT2D eigenvalue weighted by atomic mass is 16.3. The minimum absolute atomic E-state index is 0.389. The van der Waals surface area contributed by atoms with Gasteiger partial charge in [0.1, 0.15) is 11.9 Å². The Bertz CT molecular complexity index is 1270. The van der Waals surface area contributed by atoms with Gasteiger partial charge in [-0.1, -0.05) is 78.9 Å². The molecule has 1 unspecified atom stereocenters. The fraction of sp³-hybridized carbons (Fsp3) is 0.0800. The zero-order chi connectivity index (χ0) is 20.4. The minimum Gasteiger partial charge on any atom is -0.378 e. The van der Waals surface area contributed by atoms with Crippen LogP contribution in [0.15, 0.2) is 104 Å². The maximum absolute atomic E-state index is 12.1. The summed E-state index contributed by atoms with van der Waals surface area (Å²) in [6, 6.07) is 29.4. The van der Waals surface area contributed by atoms with Crippen molar-refractivity contribution in [3.8, 4) is 5.69 Å². The second-order valence-electron chi connectivity index (χ2n) is 7.24. The van der Waals surface area contributed by atoms with Crippen molar-refractivity contribution < 1.29 is 5.11 Å². The number of aromatic nitrogens is 4. The van der Waals surface area contributed by atoms with Crippen LogP contribution in [-0.2, 0) is 12.0 Å². The topological polar surface area (TPSA) is 63.8 Å². The first-order valence-electron chi connectivity index (χ1n) is 9.82. The van der Waals surface area contributed by atoms with E-state index in [0.29, 0.717) is 17.8 Å². The fourth-order valence-electron chi connectivity index (χ4n) is 3.86. The number of hydrogen-bond acceptors (Lipinski definition) is 4. The molecule has 5 aromatic rings. The van der Waals surface area contributed by atoms with E-state index in [4.69, 9.17) is 0 Å². The number of aliphatic hydroxyl groups is 1. The predicted octanol–water partition coefficient (Wildman–Crippen LogP) is 4.29. The molecule has 0 aliphatic rings. The first-order chi connectivity index (χ1) is 14.8. The molecule has 0 aliphatic heterocycles. The number of rotatable bonds is 5. The monoisotopic (exact) mass is 392 g/mol. The van der Waals surface area contributed by atoms with Crippen LogP contribution in [-0.4, -0.2) is 24.9 Å². The first kappa shape index (κ1) is 18.2. The van der Waals surface area contributed by atoms with Crippen molar-refractivity contribution in [1.29, 1.82) is 0 Å². The molecule has 5 rings (SSSR count). The third kappa shape index (κ3) is 3.15. The number of hydrogen-bond donors (Lipinski definition) is 1. The Kier molecular flexibility index (Phi) is 4.58. The molecule has 146 valence electrons. The van der Waals surface area contributed by atoms with Crippen molar-refractivity contribution in [2.24, 2.45) is 0 Å². The quantitative estimate of drug-likeness (QED) is 0.485. The molecular formula is C25H20N4O. The maximum Gasteiger partial charge on any atom is 0.166 e. The number of fused-ring (bicyclic) bond motifs is 1. The Morgan fingerprint density at radius 3 is 2.10 bits per heavy atom. The summed E-state index contributed by atoms with van der Waals surface area (Å²) in [5.41, 5.74) is 2.59. The van der Waals surface area contributed by atoms with Crippen molar-refractivity contribution in [3.05, 3.63) is 120 Å². The van der Waals surface area contributed by atoms with Crippen LogP contribution in [0.25, 0.3) is 16.7 Å². The molecule has 2 aromatic heterocycles. The average molecular weight is 392 g/mol. The van der Waals surface area contributed by atoms with Crippen molar-refractivity contribution >= 4 is 11.0 Å². The third-order valence-electron chi connectivity index (χ3n) is 5.31. The van der Waals surface area contributed by atoms with Crippen LogP contribution < -0.4 is 0 Å². The summed E-state index contributed by atoms with van der Waals surface area (Å²) in [5.74, 6) is 0. The van der Waals surface area contributed by atoms with Gasteiger partial charge in [-0.3, -0.25) is 0 Å². The lowest BCUT2D eigenvalue weighted by atomic mass is 9.83. The van der Waals surface area contributed by atoms with E-state index in [2.05, 4.69) is 15.1 Å². The second-order valence-corrected chi connectivity index (χ2v) is 7.24. The molecule has 0 amide bonds. The first-order valence-corrected chi connectivity index (χ1v) is 9.82. The van der Waals surface area contributed by atoms with Gasteiger partial charge in [-0.05, 0) is 23.3 Å². The van der Waals surface area contributed by atoms with Crippen LogP contribution >= 0.6 is 0 Å². The number of benzene rings is 3. The highest BCUT2D eigenvalue weighted by Crippen LogP contribution is 2.35. The summed E-state index contributed by atoms with van der Waals surface area (Å²) in [4.78, 5) is 9.01. The Hall–Kier alpha value is -3.83. The highest BCUT2D eigenvalue weighted by molar-refractivity contribution is 5.80. The molecule has 2 heterocycles. The number of para-hydroxylation sites is 1. The largest absolute Gasteiger partial charge is 0.378 e. The number of nitrogens with zero attached hydrogens (tertiary/aromatic N) is 4. The molecule has 1 N–H and O–H groups in total. The van der Waals surface area contributed by atoms with Gasteiger partial charge in [-0.15, -0.1) is 0 Å². The zero-order valence-electron chi connectivity index (χ0n) is 16.3. The Morgan fingerprint density at radius 2 is 1.40 bits per heavy atom. The molecule has 0 spiro atoms. The van der Waals surface area contributed by atoms with Gasteiger partial charge < -0.3 is 5.11 Å². The molecule has 30 heavy (non-hydrogen) atoms. The van der Waals surface area contributed by atoms with E-state index in [1.165, 1.54) is 6.33 Å². The summed E-state index contributed by atoms with van der Waals surface area (Å²) in [6.45, 7) is 0. The van der Waals surface area contributed by atoms with Gasteiger partial charge in [0.2, 0.25) is 0 Å². The van der Waals surface area contributed by atoms with Gasteiger partial charge in [0.25, 0.3) is 0 Å². The molecule has 5 heteroatoms. The minimum atomic E-state index is -1.33. The molecule has 3 aromatic carbocycles. The van der Waals surface area contributed by atoms with Crippen LogP contribution in [0.1, 0.15) is 16.8 Å². The van der Waals surface area contributed by atoms with E-state index < -0.39 is 5.60 Å². The summed E-state index contributed by atoms with van der Waals surface area (Å²) < 4.78 is 1.77. The molecule has 1 atom stereocenters. The van der Waals surface area contributed by atoms with Crippen LogP contribution in [0, 0.1) is 0 Å². The predicted molar refractivity (Wildman–Crippen MR) is 116 cm³/mol. The maximum atomic E-state index is 12.1. The van der Waals surface area contributed by atoms with Crippen LogP contribution in [0.5, 0.6) is 0 Å². The lowest BCUT2D eigenvalue weighted by molar-refractivity contribution is 0.0780. The van der Waals surface area contributed by atoms with Crippen LogP contribution in [0.2, 0.25) is 0 Å². The van der Waals surface area contributed by atoms with Crippen molar-refractivity contribution in [3.63, 3.8) is 0 Å². The lowest BCUT2D eigenvalue weighted by Gasteiger charge is -2.29. The summed E-state index contributed by atoms with van der Waals surface area (Å²) in [6.07, 6.45) is 3.62. The standard InChI is InChI=1S/C25H20N4O/c30-25(20-12-6-2-7-13-20,16-19-10-4-1-5-11-19)23-22-17-28-29(24(22)27-18-26-23)21-14-8-3-9-15-21/h1-15,17-18,30H,16H2. The van der Waals surface area contributed by atoms with Gasteiger partial charge in [-0.25, -0.2) is 14.6 Å². The molecule has 0 saturated heterocycles. The zero-order valence-corrected chi connectivity index (χ0v) is 16.3. The molecule has 0 saturated carbocycles. The van der Waals surface area contributed by atoms with E-state index in [-0.39, 0.29) is 0 Å². The molecule has 0 bridgehead atoms. The summed E-state index contributed by atoms with van der Waals surface area (Å²) in [7, 11) is 0. The van der Waals surface area contributed by atoms with Crippen LogP contribution in [0.3, 0.4) is 0 Å². The van der Waals surface area contributed by atoms with Gasteiger partial charge in [-0.2, -0.15) is 5.10 Å². The van der Waals surface area contributed by atoms with E-state index in [1.807, 2.05) is 91.0 Å². The van der Waals surface area contributed by atoms with E-state index in [1.54, 1.807) is 10.9 Å². The Labute approximate surface area is 174 Å². The van der Waals surface area contributed by atoms with Gasteiger partial charge in [0, 0.05) is 6.42 Å². The van der Waals surface area contributed by atoms with E-state index >= 15 is 0 Å². The molecule has 0 radical (unpaired) electrons. The van der Waals surface area contributed by atoms with Crippen molar-refractivity contribution in [2.75, 3.05) is 0 Å². The van der Waals surface area contributed by atoms with Gasteiger partial charge in [0.05, 0.1) is 23.0 Å². The second kappa shape index (κ2) is 7.54. The SMILES string of the molecule is OC(Cc1ccccc1)(c1ccccc1)c1ncnc2c1cnn2-c1ccccc1. The average Bonchev–Trinajstić information content (AvgIpc) is 3.25. The van der Waals surface area contributed by atoms with E-state index in [9.17, 15) is 5.11 Å². The van der Waals surface area contributed by atoms with Crippen molar-refractivity contribution in [1.82, 2.24) is 19.7 Å². The smallest absolute Gasteiger partial charge is 0.166 e. The summed E-state index contributed by atoms with van der Waals surface area (Å²) in [5, 5.41) is 17.3. The molecule has 5 nitrogen and oxygen atoms in total. The Balaban J connectivity index is 1.71. The third-order valence-corrected chi connectivity index (χ3v) is 5.31. The lowest BCUT2D eigenvalue weighted by Crippen LogP contribution is -2.31. The highest BCUT2D eigenvalue weighted by Gasteiger charge is 2.36. The molecular weight excluding hydrogens is 372 g/mol. The Morgan fingerprint density at radius 1 is 0.767 bits per heavy atom. The van der Waals surface area contributed by atoms with Gasteiger partial charge in [0.15, 0.2) is 5.65 Å². The fourth-order valence-corrected chi connectivity index (χ4v) is 3.86. The summed E-state index contributed by atoms with van der Waals surface area (Å²) >= 11 is 0. The molecule has 0 aliphatic carbocycles. The van der Waals surface area contributed by atoms with E-state index in [0.717, 1.165) is 22.2 Å². The molecule has 0 fully saturated rings.